The van der Waals surface area contributed by atoms with E-state index in [0.29, 0.717) is 29.7 Å². The molecule has 23 heavy (non-hydrogen) atoms. The summed E-state index contributed by atoms with van der Waals surface area (Å²) in [6.45, 7) is 3.23. The molecule has 6 heteroatoms. The van der Waals surface area contributed by atoms with Gasteiger partial charge in [-0.1, -0.05) is 45.2 Å². The zero-order chi connectivity index (χ0) is 16.8. The molecule has 0 aliphatic rings. The maximum absolute atomic E-state index is 9.33. The number of ether oxygens (including phenoxy) is 1. The van der Waals surface area contributed by atoms with E-state index in [1.165, 1.54) is 0 Å². The number of hydrogen-bond donors (Lipinski definition) is 2. The van der Waals surface area contributed by atoms with Gasteiger partial charge in [0.25, 0.3) is 0 Å². The fraction of sp³-hybridized carbons (Fsp3) is 0.294. The van der Waals surface area contributed by atoms with Crippen LogP contribution < -0.4 is 10.1 Å². The second-order valence-corrected chi connectivity index (χ2v) is 7.02. The van der Waals surface area contributed by atoms with Gasteiger partial charge < -0.3 is 15.2 Å². The second kappa shape index (κ2) is 8.90. The van der Waals surface area contributed by atoms with Gasteiger partial charge in [-0.2, -0.15) is 0 Å². The highest BCUT2D eigenvalue weighted by atomic mass is 79.9. The van der Waals surface area contributed by atoms with Crippen LogP contribution in [0.15, 0.2) is 40.9 Å². The monoisotopic (exact) mass is 417 g/mol. The quantitative estimate of drug-likeness (QED) is 0.678. The first kappa shape index (κ1) is 18.6. The van der Waals surface area contributed by atoms with Crippen molar-refractivity contribution >= 4 is 39.1 Å². The Hall–Kier alpha value is -0.780. The molecular weight excluding hydrogens is 401 g/mol. The molecular formula is C17H18BrCl2NO2. The van der Waals surface area contributed by atoms with Crippen molar-refractivity contribution in [1.29, 1.82) is 0 Å². The zero-order valence-electron chi connectivity index (χ0n) is 12.7. The van der Waals surface area contributed by atoms with Crippen LogP contribution in [-0.4, -0.2) is 17.8 Å². The Labute approximate surface area is 154 Å². The van der Waals surface area contributed by atoms with E-state index >= 15 is 0 Å². The second-order valence-electron chi connectivity index (χ2n) is 5.26. The Balaban J connectivity index is 2.06. The third-order valence-corrected chi connectivity index (χ3v) is 4.26. The maximum Gasteiger partial charge on any atom is 0.124 e. The summed E-state index contributed by atoms with van der Waals surface area (Å²) in [7, 11) is 0. The fourth-order valence-corrected chi connectivity index (χ4v) is 2.91. The van der Waals surface area contributed by atoms with Crippen LogP contribution >= 0.6 is 39.1 Å². The highest BCUT2D eigenvalue weighted by molar-refractivity contribution is 9.10. The standard InChI is InChI=1S/C17H18BrCl2NO2/c1-11(22)8-21-9-13-6-14(18)3-5-17(13)23-10-12-2-4-15(19)7-16(12)20/h2-7,11,21-22H,8-10H2,1H3/t11-/m1/s1. The number of aliphatic hydroxyl groups is 1. The molecule has 0 fully saturated rings. The van der Waals surface area contributed by atoms with Gasteiger partial charge in [0, 0.05) is 38.7 Å². The van der Waals surface area contributed by atoms with Crippen LogP contribution in [0.1, 0.15) is 18.1 Å². The van der Waals surface area contributed by atoms with E-state index in [9.17, 15) is 5.11 Å². The predicted molar refractivity (Wildman–Crippen MR) is 98.3 cm³/mol. The minimum Gasteiger partial charge on any atom is -0.489 e. The van der Waals surface area contributed by atoms with Crippen molar-refractivity contribution in [3.8, 4) is 5.75 Å². The first-order chi connectivity index (χ1) is 11.0. The van der Waals surface area contributed by atoms with E-state index in [4.69, 9.17) is 27.9 Å². The van der Waals surface area contributed by atoms with Gasteiger partial charge in [-0.15, -0.1) is 0 Å². The molecule has 0 bridgehead atoms. The lowest BCUT2D eigenvalue weighted by Crippen LogP contribution is -2.24. The average Bonchev–Trinajstić information content (AvgIpc) is 2.47. The van der Waals surface area contributed by atoms with Gasteiger partial charge in [0.05, 0.1) is 6.10 Å². The first-order valence-corrected chi connectivity index (χ1v) is 8.74. The van der Waals surface area contributed by atoms with Gasteiger partial charge in [-0.3, -0.25) is 0 Å². The lowest BCUT2D eigenvalue weighted by Gasteiger charge is -2.14. The molecule has 0 unspecified atom stereocenters. The summed E-state index contributed by atoms with van der Waals surface area (Å²) >= 11 is 15.5. The number of halogens is 3. The Kier molecular flexibility index (Phi) is 7.18. The Morgan fingerprint density at radius 2 is 1.96 bits per heavy atom. The molecule has 2 N–H and O–H groups in total. The van der Waals surface area contributed by atoms with Crippen LogP contribution in [-0.2, 0) is 13.2 Å². The summed E-state index contributed by atoms with van der Waals surface area (Å²) in [6.07, 6.45) is -0.389. The number of aliphatic hydroxyl groups excluding tert-OH is 1. The molecule has 0 saturated heterocycles. The third-order valence-electron chi connectivity index (χ3n) is 3.18. The van der Waals surface area contributed by atoms with E-state index in [-0.39, 0.29) is 6.10 Å². The number of rotatable bonds is 7. The molecule has 0 amide bonds. The molecule has 0 spiro atoms. The van der Waals surface area contributed by atoms with Gasteiger partial charge in [0.15, 0.2) is 0 Å². The van der Waals surface area contributed by atoms with E-state index < -0.39 is 0 Å². The predicted octanol–water partition coefficient (Wildman–Crippen LogP) is 4.81. The van der Waals surface area contributed by atoms with Gasteiger partial charge >= 0.3 is 0 Å². The fourth-order valence-electron chi connectivity index (χ4n) is 2.04. The van der Waals surface area contributed by atoms with Gasteiger partial charge in [-0.05, 0) is 37.3 Å². The number of benzene rings is 2. The highest BCUT2D eigenvalue weighted by Crippen LogP contribution is 2.26. The smallest absolute Gasteiger partial charge is 0.124 e. The molecule has 3 nitrogen and oxygen atoms in total. The third kappa shape index (κ3) is 5.98. The van der Waals surface area contributed by atoms with Crippen molar-refractivity contribution in [2.24, 2.45) is 0 Å². The highest BCUT2D eigenvalue weighted by Gasteiger charge is 2.08. The van der Waals surface area contributed by atoms with E-state index in [2.05, 4.69) is 21.2 Å². The van der Waals surface area contributed by atoms with Gasteiger partial charge in [0.2, 0.25) is 0 Å². The summed E-state index contributed by atoms with van der Waals surface area (Å²) in [5.74, 6) is 0.775. The molecule has 2 rings (SSSR count). The lowest BCUT2D eigenvalue weighted by molar-refractivity contribution is 0.190. The Bertz CT molecular complexity index is 665. The van der Waals surface area contributed by atoms with Crippen molar-refractivity contribution in [2.75, 3.05) is 6.54 Å². The van der Waals surface area contributed by atoms with Gasteiger partial charge in [-0.25, -0.2) is 0 Å². The van der Waals surface area contributed by atoms with Crippen LogP contribution in [0.4, 0.5) is 0 Å². The maximum atomic E-state index is 9.33. The molecule has 0 aromatic heterocycles. The zero-order valence-corrected chi connectivity index (χ0v) is 15.7. The van der Waals surface area contributed by atoms with Crippen LogP contribution in [0.5, 0.6) is 5.75 Å². The summed E-state index contributed by atoms with van der Waals surface area (Å²) in [5, 5.41) is 13.7. The summed E-state index contributed by atoms with van der Waals surface area (Å²) in [5.41, 5.74) is 1.88. The van der Waals surface area contributed by atoms with Crippen molar-refractivity contribution in [3.05, 3.63) is 62.0 Å². The minimum absolute atomic E-state index is 0.362. The number of hydrogen-bond acceptors (Lipinski definition) is 3. The molecule has 1 atom stereocenters. The van der Waals surface area contributed by atoms with Crippen molar-refractivity contribution in [2.45, 2.75) is 26.2 Å². The molecule has 0 radical (unpaired) electrons. The molecule has 0 heterocycles. The Morgan fingerprint density at radius 3 is 2.65 bits per heavy atom. The van der Waals surface area contributed by atoms with Crippen LogP contribution in [0, 0.1) is 0 Å². The molecule has 0 saturated carbocycles. The number of nitrogens with one attached hydrogen (secondary N) is 1. The normalized spacial score (nSPS) is 12.2. The molecule has 0 aliphatic carbocycles. The largest absolute Gasteiger partial charge is 0.489 e. The van der Waals surface area contributed by atoms with E-state index in [0.717, 1.165) is 21.3 Å². The average molecular weight is 419 g/mol. The van der Waals surface area contributed by atoms with Crippen molar-refractivity contribution in [1.82, 2.24) is 5.32 Å². The van der Waals surface area contributed by atoms with Crippen molar-refractivity contribution in [3.63, 3.8) is 0 Å². The molecule has 2 aromatic carbocycles. The lowest BCUT2D eigenvalue weighted by atomic mass is 10.2. The summed E-state index contributed by atoms with van der Waals surface area (Å²) in [6, 6.07) is 11.2. The molecule has 0 aliphatic heterocycles. The van der Waals surface area contributed by atoms with E-state index in [1.807, 2.05) is 24.3 Å². The summed E-state index contributed by atoms with van der Waals surface area (Å²) in [4.78, 5) is 0. The Morgan fingerprint density at radius 1 is 1.17 bits per heavy atom. The van der Waals surface area contributed by atoms with E-state index in [1.54, 1.807) is 19.1 Å². The van der Waals surface area contributed by atoms with Crippen LogP contribution in [0.2, 0.25) is 10.0 Å². The van der Waals surface area contributed by atoms with Crippen LogP contribution in [0.3, 0.4) is 0 Å². The SMILES string of the molecule is C[C@@H](O)CNCc1cc(Br)ccc1OCc1ccc(Cl)cc1Cl. The topological polar surface area (TPSA) is 41.5 Å². The minimum atomic E-state index is -0.389. The first-order valence-electron chi connectivity index (χ1n) is 7.19. The van der Waals surface area contributed by atoms with Crippen LogP contribution in [0.25, 0.3) is 0 Å². The molecule has 2 aromatic rings. The van der Waals surface area contributed by atoms with Crippen molar-refractivity contribution < 1.29 is 9.84 Å². The molecule has 124 valence electrons. The summed E-state index contributed by atoms with van der Waals surface area (Å²) < 4.78 is 6.88. The van der Waals surface area contributed by atoms with Gasteiger partial charge in [0.1, 0.15) is 12.4 Å².